The second-order valence-electron chi connectivity index (χ2n) is 5.12. The van der Waals surface area contributed by atoms with E-state index in [9.17, 15) is 9.90 Å². The van der Waals surface area contributed by atoms with Gasteiger partial charge in [0.15, 0.2) is 4.96 Å². The van der Waals surface area contributed by atoms with Crippen molar-refractivity contribution in [2.45, 2.75) is 26.2 Å². The molecule has 5 nitrogen and oxygen atoms in total. The molecule has 3 aromatic heterocycles. The van der Waals surface area contributed by atoms with Gasteiger partial charge in [-0.25, -0.2) is 4.98 Å². The largest absolute Gasteiger partial charge is 0.481 e. The molecule has 0 saturated carbocycles. The Balaban J connectivity index is 2.26. The van der Waals surface area contributed by atoms with Gasteiger partial charge in [-0.2, -0.15) is 0 Å². The summed E-state index contributed by atoms with van der Waals surface area (Å²) in [5.41, 5.74) is 3.31. The molecule has 6 heteroatoms. The van der Waals surface area contributed by atoms with Crippen molar-refractivity contribution in [3.8, 4) is 11.4 Å². The van der Waals surface area contributed by atoms with Gasteiger partial charge in [-0.15, -0.1) is 11.3 Å². The Bertz CT molecular complexity index is 790. The van der Waals surface area contributed by atoms with E-state index in [1.165, 1.54) is 11.3 Å². The first-order valence-electron chi connectivity index (χ1n) is 6.70. The van der Waals surface area contributed by atoms with Crippen molar-refractivity contribution in [1.29, 1.82) is 0 Å². The van der Waals surface area contributed by atoms with Crippen molar-refractivity contribution in [3.05, 3.63) is 41.2 Å². The lowest BCUT2D eigenvalue weighted by Crippen LogP contribution is -2.07. The van der Waals surface area contributed by atoms with E-state index >= 15 is 0 Å². The highest BCUT2D eigenvalue weighted by atomic mass is 32.1. The first-order chi connectivity index (χ1) is 10.1. The zero-order valence-electron chi connectivity index (χ0n) is 11.8. The van der Waals surface area contributed by atoms with Crippen LogP contribution in [0.3, 0.4) is 0 Å². The first kappa shape index (κ1) is 13.8. The Kier molecular flexibility index (Phi) is 3.47. The molecular weight excluding hydrogens is 286 g/mol. The van der Waals surface area contributed by atoms with E-state index in [-0.39, 0.29) is 12.3 Å². The number of fused-ring (bicyclic) bond motifs is 1. The molecule has 1 N–H and O–H groups in total. The zero-order chi connectivity index (χ0) is 15.0. The van der Waals surface area contributed by atoms with Crippen LogP contribution in [-0.2, 0) is 11.2 Å². The fraction of sp³-hybridized carbons (Fsp3) is 0.267. The number of aromatic nitrogens is 3. The third-order valence-electron chi connectivity index (χ3n) is 3.28. The molecule has 0 fully saturated rings. The topological polar surface area (TPSA) is 67.5 Å². The van der Waals surface area contributed by atoms with Gasteiger partial charge in [-0.1, -0.05) is 19.9 Å². The lowest BCUT2D eigenvalue weighted by Gasteiger charge is -2.06. The Morgan fingerprint density at radius 2 is 2.24 bits per heavy atom. The maximum atomic E-state index is 11.2. The summed E-state index contributed by atoms with van der Waals surface area (Å²) in [6.07, 6.45) is 1.70. The van der Waals surface area contributed by atoms with Crippen LogP contribution >= 0.6 is 11.3 Å². The van der Waals surface area contributed by atoms with E-state index in [4.69, 9.17) is 0 Å². The number of carboxylic acid groups (broad SMARTS) is 1. The fourth-order valence-corrected chi connectivity index (χ4v) is 3.31. The minimum absolute atomic E-state index is 0.0365. The zero-order valence-corrected chi connectivity index (χ0v) is 12.6. The molecule has 3 heterocycles. The lowest BCUT2D eigenvalue weighted by atomic mass is 10.1. The van der Waals surface area contributed by atoms with Gasteiger partial charge in [-0.3, -0.25) is 14.2 Å². The standard InChI is InChI=1S/C15H15N3O2S/c1-9(2)14-11(7-13(19)20)18-12(8-21-15(18)17-14)10-5-3-4-6-16-10/h3-6,8-9H,7H2,1-2H3,(H,19,20). The van der Waals surface area contributed by atoms with Crippen molar-refractivity contribution >= 4 is 22.3 Å². The summed E-state index contributed by atoms with van der Waals surface area (Å²) < 4.78 is 1.93. The van der Waals surface area contributed by atoms with Crippen molar-refractivity contribution < 1.29 is 9.90 Å². The maximum absolute atomic E-state index is 11.2. The van der Waals surface area contributed by atoms with Crippen LogP contribution in [-0.4, -0.2) is 25.4 Å². The monoisotopic (exact) mass is 301 g/mol. The average molecular weight is 301 g/mol. The molecule has 3 aromatic rings. The van der Waals surface area contributed by atoms with Crippen LogP contribution in [0, 0.1) is 0 Å². The number of aliphatic carboxylic acids is 1. The fourth-order valence-electron chi connectivity index (χ4n) is 2.40. The second-order valence-corrected chi connectivity index (χ2v) is 5.96. The van der Waals surface area contributed by atoms with E-state index in [1.54, 1.807) is 6.20 Å². The number of thiazole rings is 1. The average Bonchev–Trinajstić information content (AvgIpc) is 3.00. The van der Waals surface area contributed by atoms with Crippen LogP contribution < -0.4 is 0 Å². The maximum Gasteiger partial charge on any atom is 0.309 e. The molecule has 0 unspecified atom stereocenters. The number of pyridine rings is 1. The quantitative estimate of drug-likeness (QED) is 0.803. The lowest BCUT2D eigenvalue weighted by molar-refractivity contribution is -0.136. The van der Waals surface area contributed by atoms with E-state index < -0.39 is 5.97 Å². The third kappa shape index (κ3) is 2.42. The number of hydrogen-bond donors (Lipinski definition) is 1. The predicted octanol–water partition coefficient (Wildman–Crippen LogP) is 3.21. The Morgan fingerprint density at radius 1 is 1.43 bits per heavy atom. The SMILES string of the molecule is CC(C)c1nc2scc(-c3ccccn3)n2c1CC(=O)O. The van der Waals surface area contributed by atoms with E-state index in [2.05, 4.69) is 9.97 Å². The van der Waals surface area contributed by atoms with Gasteiger partial charge in [0.2, 0.25) is 0 Å². The predicted molar refractivity (Wildman–Crippen MR) is 81.7 cm³/mol. The van der Waals surface area contributed by atoms with Gasteiger partial charge in [-0.05, 0) is 18.1 Å². The molecule has 0 aliphatic heterocycles. The Morgan fingerprint density at radius 3 is 2.86 bits per heavy atom. The van der Waals surface area contributed by atoms with E-state index in [0.29, 0.717) is 0 Å². The molecule has 0 aliphatic carbocycles. The van der Waals surface area contributed by atoms with Crippen LogP contribution in [0.5, 0.6) is 0 Å². The third-order valence-corrected chi connectivity index (χ3v) is 4.11. The molecule has 0 bridgehead atoms. The van der Waals surface area contributed by atoms with Crippen LogP contribution in [0.4, 0.5) is 0 Å². The number of hydrogen-bond acceptors (Lipinski definition) is 4. The van der Waals surface area contributed by atoms with E-state index in [0.717, 1.165) is 27.7 Å². The summed E-state index contributed by atoms with van der Waals surface area (Å²) >= 11 is 1.51. The number of nitrogens with zero attached hydrogens (tertiary/aromatic N) is 3. The molecule has 108 valence electrons. The molecule has 0 spiro atoms. The van der Waals surface area contributed by atoms with Crippen LogP contribution in [0.15, 0.2) is 29.8 Å². The van der Waals surface area contributed by atoms with Crippen LogP contribution in [0.25, 0.3) is 16.3 Å². The van der Waals surface area contributed by atoms with E-state index in [1.807, 2.05) is 41.8 Å². The minimum atomic E-state index is -0.850. The summed E-state index contributed by atoms with van der Waals surface area (Å²) in [7, 11) is 0. The van der Waals surface area contributed by atoms with Gasteiger partial charge < -0.3 is 5.11 Å². The second kappa shape index (κ2) is 5.29. The number of carboxylic acids is 1. The molecule has 0 atom stereocenters. The van der Waals surface area contributed by atoms with Crippen LogP contribution in [0.2, 0.25) is 0 Å². The van der Waals surface area contributed by atoms with Crippen molar-refractivity contribution in [2.75, 3.05) is 0 Å². The highest BCUT2D eigenvalue weighted by Crippen LogP contribution is 2.30. The van der Waals surface area contributed by atoms with Gasteiger partial charge in [0, 0.05) is 11.6 Å². The van der Waals surface area contributed by atoms with Gasteiger partial charge in [0.25, 0.3) is 0 Å². The molecule has 0 aromatic carbocycles. The molecule has 0 radical (unpaired) electrons. The van der Waals surface area contributed by atoms with Crippen molar-refractivity contribution in [2.24, 2.45) is 0 Å². The molecule has 0 saturated heterocycles. The van der Waals surface area contributed by atoms with Gasteiger partial charge in [0.1, 0.15) is 0 Å². The highest BCUT2D eigenvalue weighted by Gasteiger charge is 2.21. The normalized spacial score (nSPS) is 11.4. The Hall–Kier alpha value is -2.21. The summed E-state index contributed by atoms with van der Waals surface area (Å²) in [5.74, 6) is -0.667. The molecule has 0 aliphatic rings. The van der Waals surface area contributed by atoms with Crippen LogP contribution in [0.1, 0.15) is 31.2 Å². The molecule has 21 heavy (non-hydrogen) atoms. The van der Waals surface area contributed by atoms with Gasteiger partial charge >= 0.3 is 5.97 Å². The van der Waals surface area contributed by atoms with Crippen molar-refractivity contribution in [3.63, 3.8) is 0 Å². The summed E-state index contributed by atoms with van der Waals surface area (Å²) in [6.45, 7) is 4.05. The summed E-state index contributed by atoms with van der Waals surface area (Å²) in [6, 6.07) is 5.70. The minimum Gasteiger partial charge on any atom is -0.481 e. The summed E-state index contributed by atoms with van der Waals surface area (Å²) in [5, 5.41) is 11.2. The van der Waals surface area contributed by atoms with Gasteiger partial charge in [0.05, 0.1) is 29.2 Å². The number of carbonyl (C=O) groups is 1. The smallest absolute Gasteiger partial charge is 0.309 e. The van der Waals surface area contributed by atoms with Crippen molar-refractivity contribution in [1.82, 2.24) is 14.4 Å². The molecule has 3 rings (SSSR count). The molecule has 0 amide bonds. The number of rotatable bonds is 4. The summed E-state index contributed by atoms with van der Waals surface area (Å²) in [4.78, 5) is 21.0. The number of imidazole rings is 1. The Labute approximate surface area is 125 Å². The first-order valence-corrected chi connectivity index (χ1v) is 7.57. The highest BCUT2D eigenvalue weighted by molar-refractivity contribution is 7.15. The molecular formula is C15H15N3O2S.